The number of thiazole rings is 1. The Morgan fingerprint density at radius 3 is 2.71 bits per heavy atom. The third-order valence-corrected chi connectivity index (χ3v) is 3.27. The number of pyridine rings is 1. The standard InChI is InChI=1S/C13H13N3S/c1-13(2,9-14)7-12-16-11(8-17-12)10-3-5-15-6-4-10/h3-6,8H,7H2,1-2H3. The molecule has 2 heterocycles. The van der Waals surface area contributed by atoms with E-state index in [1.807, 2.05) is 31.4 Å². The zero-order valence-electron chi connectivity index (χ0n) is 9.84. The summed E-state index contributed by atoms with van der Waals surface area (Å²) in [4.78, 5) is 8.54. The van der Waals surface area contributed by atoms with Crippen LogP contribution in [0.4, 0.5) is 0 Å². The van der Waals surface area contributed by atoms with Crippen molar-refractivity contribution in [3.05, 3.63) is 34.9 Å². The van der Waals surface area contributed by atoms with Crippen LogP contribution >= 0.6 is 11.3 Å². The molecule has 3 nitrogen and oxygen atoms in total. The predicted molar refractivity (Wildman–Crippen MR) is 68.4 cm³/mol. The first kappa shape index (κ1) is 11.7. The van der Waals surface area contributed by atoms with Gasteiger partial charge in [0.2, 0.25) is 0 Å². The zero-order valence-corrected chi connectivity index (χ0v) is 10.7. The van der Waals surface area contributed by atoms with Crippen molar-refractivity contribution < 1.29 is 0 Å². The molecular formula is C13H13N3S. The molecule has 0 atom stereocenters. The van der Waals surface area contributed by atoms with Crippen molar-refractivity contribution in [1.29, 1.82) is 5.26 Å². The fourth-order valence-electron chi connectivity index (χ4n) is 1.46. The third kappa shape index (κ3) is 2.89. The fraction of sp³-hybridized carbons (Fsp3) is 0.308. The number of hydrogen-bond acceptors (Lipinski definition) is 4. The molecule has 2 aromatic rings. The van der Waals surface area contributed by atoms with E-state index in [9.17, 15) is 0 Å². The van der Waals surface area contributed by atoms with E-state index in [2.05, 4.69) is 16.0 Å². The molecule has 0 N–H and O–H groups in total. The molecule has 0 aliphatic heterocycles. The Balaban J connectivity index is 2.21. The molecule has 0 unspecified atom stereocenters. The maximum Gasteiger partial charge on any atom is 0.0948 e. The summed E-state index contributed by atoms with van der Waals surface area (Å²) in [7, 11) is 0. The second kappa shape index (κ2) is 4.64. The van der Waals surface area contributed by atoms with E-state index in [-0.39, 0.29) is 5.41 Å². The minimum atomic E-state index is -0.354. The molecule has 0 spiro atoms. The van der Waals surface area contributed by atoms with Gasteiger partial charge in [0.15, 0.2) is 0 Å². The summed E-state index contributed by atoms with van der Waals surface area (Å²) in [6.45, 7) is 3.86. The van der Waals surface area contributed by atoms with Crippen LogP contribution in [0.3, 0.4) is 0 Å². The Morgan fingerprint density at radius 2 is 2.06 bits per heavy atom. The number of hydrogen-bond donors (Lipinski definition) is 0. The number of rotatable bonds is 3. The van der Waals surface area contributed by atoms with Gasteiger partial charge in [0.25, 0.3) is 0 Å². The van der Waals surface area contributed by atoms with Crippen LogP contribution in [-0.2, 0) is 6.42 Å². The Bertz CT molecular complexity index is 537. The maximum atomic E-state index is 9.00. The molecule has 0 aromatic carbocycles. The minimum Gasteiger partial charge on any atom is -0.265 e. The Morgan fingerprint density at radius 1 is 1.35 bits per heavy atom. The normalized spacial score (nSPS) is 11.1. The van der Waals surface area contributed by atoms with Crippen LogP contribution in [0.25, 0.3) is 11.3 Å². The highest BCUT2D eigenvalue weighted by Gasteiger charge is 2.19. The number of aromatic nitrogens is 2. The largest absolute Gasteiger partial charge is 0.265 e. The lowest BCUT2D eigenvalue weighted by atomic mass is 9.92. The van der Waals surface area contributed by atoms with Crippen molar-refractivity contribution in [3.8, 4) is 17.3 Å². The van der Waals surface area contributed by atoms with Crippen molar-refractivity contribution in [2.24, 2.45) is 5.41 Å². The van der Waals surface area contributed by atoms with Gasteiger partial charge in [-0.1, -0.05) is 0 Å². The second-order valence-electron chi connectivity index (χ2n) is 4.53. The first-order valence-corrected chi connectivity index (χ1v) is 6.25. The Kier molecular flexibility index (Phi) is 3.21. The van der Waals surface area contributed by atoms with Crippen molar-refractivity contribution in [3.63, 3.8) is 0 Å². The molecule has 2 rings (SSSR count). The van der Waals surface area contributed by atoms with Gasteiger partial charge in [-0.15, -0.1) is 11.3 Å². The number of nitrogens with zero attached hydrogens (tertiary/aromatic N) is 3. The lowest BCUT2D eigenvalue weighted by molar-refractivity contribution is 0.492. The lowest BCUT2D eigenvalue weighted by Gasteiger charge is -2.11. The molecule has 86 valence electrons. The molecular weight excluding hydrogens is 230 g/mol. The summed E-state index contributed by atoms with van der Waals surface area (Å²) in [6.07, 6.45) is 4.21. The van der Waals surface area contributed by atoms with Gasteiger partial charge in [0.05, 0.1) is 22.2 Å². The molecule has 0 fully saturated rings. The van der Waals surface area contributed by atoms with Gasteiger partial charge in [-0.3, -0.25) is 4.98 Å². The summed E-state index contributed by atoms with van der Waals surface area (Å²) >= 11 is 1.60. The Labute approximate surface area is 105 Å². The van der Waals surface area contributed by atoms with Gasteiger partial charge in [0.1, 0.15) is 0 Å². The van der Waals surface area contributed by atoms with E-state index in [4.69, 9.17) is 5.26 Å². The summed E-state index contributed by atoms with van der Waals surface area (Å²) < 4.78 is 0. The average Bonchev–Trinajstić information content (AvgIpc) is 2.78. The van der Waals surface area contributed by atoms with E-state index in [0.717, 1.165) is 16.3 Å². The molecule has 0 saturated carbocycles. The van der Waals surface area contributed by atoms with Crippen LogP contribution in [0.1, 0.15) is 18.9 Å². The van der Waals surface area contributed by atoms with Crippen LogP contribution in [0.5, 0.6) is 0 Å². The second-order valence-corrected chi connectivity index (χ2v) is 5.48. The Hall–Kier alpha value is -1.73. The zero-order chi connectivity index (χ0) is 12.3. The quantitative estimate of drug-likeness (QED) is 0.831. The fourth-order valence-corrected chi connectivity index (χ4v) is 2.50. The lowest BCUT2D eigenvalue weighted by Crippen LogP contribution is -2.11. The van der Waals surface area contributed by atoms with Crippen LogP contribution in [0.15, 0.2) is 29.9 Å². The smallest absolute Gasteiger partial charge is 0.0948 e. The van der Waals surface area contributed by atoms with Gasteiger partial charge >= 0.3 is 0 Å². The van der Waals surface area contributed by atoms with Crippen molar-refractivity contribution in [2.45, 2.75) is 20.3 Å². The SMILES string of the molecule is CC(C)(C#N)Cc1nc(-c2ccncc2)cs1. The molecule has 17 heavy (non-hydrogen) atoms. The summed E-state index contributed by atoms with van der Waals surface area (Å²) in [6, 6.07) is 6.17. The molecule has 2 aromatic heterocycles. The highest BCUT2D eigenvalue weighted by atomic mass is 32.1. The molecule has 0 aliphatic carbocycles. The van der Waals surface area contributed by atoms with Gasteiger partial charge in [0, 0.05) is 29.8 Å². The highest BCUT2D eigenvalue weighted by Crippen LogP contribution is 2.26. The van der Waals surface area contributed by atoms with Gasteiger partial charge in [-0.2, -0.15) is 5.26 Å². The summed E-state index contributed by atoms with van der Waals surface area (Å²) in [5.41, 5.74) is 1.67. The van der Waals surface area contributed by atoms with E-state index in [1.54, 1.807) is 23.7 Å². The van der Waals surface area contributed by atoms with Crippen molar-refractivity contribution in [2.75, 3.05) is 0 Å². The average molecular weight is 243 g/mol. The number of nitriles is 1. The minimum absolute atomic E-state index is 0.354. The van der Waals surface area contributed by atoms with Gasteiger partial charge < -0.3 is 0 Å². The first-order valence-electron chi connectivity index (χ1n) is 5.37. The van der Waals surface area contributed by atoms with Crippen LogP contribution in [0.2, 0.25) is 0 Å². The van der Waals surface area contributed by atoms with Crippen LogP contribution in [0, 0.1) is 16.7 Å². The topological polar surface area (TPSA) is 49.6 Å². The van der Waals surface area contributed by atoms with Gasteiger partial charge in [-0.25, -0.2) is 4.98 Å². The van der Waals surface area contributed by atoms with Crippen molar-refractivity contribution in [1.82, 2.24) is 9.97 Å². The van der Waals surface area contributed by atoms with Gasteiger partial charge in [-0.05, 0) is 26.0 Å². The molecule has 0 radical (unpaired) electrons. The van der Waals surface area contributed by atoms with Crippen LogP contribution in [-0.4, -0.2) is 9.97 Å². The summed E-state index contributed by atoms with van der Waals surface area (Å²) in [5.74, 6) is 0. The van der Waals surface area contributed by atoms with E-state index >= 15 is 0 Å². The third-order valence-electron chi connectivity index (χ3n) is 2.42. The highest BCUT2D eigenvalue weighted by molar-refractivity contribution is 7.09. The first-order chi connectivity index (χ1) is 8.11. The monoisotopic (exact) mass is 243 g/mol. The van der Waals surface area contributed by atoms with E-state index < -0.39 is 0 Å². The van der Waals surface area contributed by atoms with Crippen molar-refractivity contribution >= 4 is 11.3 Å². The molecule has 4 heteroatoms. The summed E-state index contributed by atoms with van der Waals surface area (Å²) in [5, 5.41) is 12.0. The molecule has 0 aliphatic rings. The maximum absolute atomic E-state index is 9.00. The van der Waals surface area contributed by atoms with E-state index in [0.29, 0.717) is 6.42 Å². The van der Waals surface area contributed by atoms with E-state index in [1.165, 1.54) is 0 Å². The molecule has 0 bridgehead atoms. The molecule has 0 amide bonds. The molecule has 0 saturated heterocycles. The van der Waals surface area contributed by atoms with Crippen LogP contribution < -0.4 is 0 Å². The predicted octanol–water partition coefficient (Wildman–Crippen LogP) is 3.30.